The van der Waals surface area contributed by atoms with Crippen LogP contribution in [0.15, 0.2) is 10.5 Å². The highest BCUT2D eigenvalue weighted by Crippen LogP contribution is 2.53. The first kappa shape index (κ1) is 11.6. The number of rotatable bonds is 2. The molecule has 2 unspecified atom stereocenters. The van der Waals surface area contributed by atoms with Gasteiger partial charge in [-0.1, -0.05) is 0 Å². The Kier molecular flexibility index (Phi) is 2.37. The molecule has 0 radical (unpaired) electrons. The van der Waals surface area contributed by atoms with E-state index in [4.69, 9.17) is 14.2 Å². The van der Waals surface area contributed by atoms with E-state index in [-0.39, 0.29) is 18.2 Å². The Hall–Kier alpha value is -1.23. The SMILES string of the molecule is COc1cc2c3c(c1Br)OC(C1CC1)CC3OC2=O. The van der Waals surface area contributed by atoms with Crippen molar-refractivity contribution in [3.8, 4) is 11.5 Å². The zero-order chi connectivity index (χ0) is 13.1. The van der Waals surface area contributed by atoms with E-state index in [0.717, 1.165) is 22.2 Å². The maximum atomic E-state index is 11.9. The molecule has 5 heteroatoms. The Morgan fingerprint density at radius 2 is 2.16 bits per heavy atom. The second kappa shape index (κ2) is 3.88. The van der Waals surface area contributed by atoms with E-state index in [1.807, 2.05) is 0 Å². The van der Waals surface area contributed by atoms with Crippen LogP contribution in [0.3, 0.4) is 0 Å². The standard InChI is InChI=1S/C14H13BrO4/c1-17-10-4-7-11-9(19-14(7)16)5-8(6-2-3-6)18-13(11)12(10)15/h4,6,8-9H,2-3,5H2,1H3. The monoisotopic (exact) mass is 324 g/mol. The summed E-state index contributed by atoms with van der Waals surface area (Å²) in [4.78, 5) is 11.9. The predicted octanol–water partition coefficient (Wildman–Crippen LogP) is 3.23. The molecule has 0 amide bonds. The normalized spacial score (nSPS) is 27.6. The van der Waals surface area contributed by atoms with Gasteiger partial charge in [0, 0.05) is 6.42 Å². The molecular weight excluding hydrogens is 312 g/mol. The Labute approximate surface area is 119 Å². The summed E-state index contributed by atoms with van der Waals surface area (Å²) in [6.07, 6.45) is 3.18. The third-order valence-corrected chi connectivity index (χ3v) is 4.85. The minimum absolute atomic E-state index is 0.152. The highest BCUT2D eigenvalue weighted by molar-refractivity contribution is 9.10. The molecule has 2 atom stereocenters. The van der Waals surface area contributed by atoms with Crippen LogP contribution in [0.1, 0.15) is 41.3 Å². The van der Waals surface area contributed by atoms with Gasteiger partial charge in [-0.3, -0.25) is 0 Å². The van der Waals surface area contributed by atoms with Crippen molar-refractivity contribution in [3.05, 3.63) is 21.7 Å². The van der Waals surface area contributed by atoms with E-state index in [1.165, 1.54) is 12.8 Å². The molecule has 0 aromatic heterocycles. The fourth-order valence-corrected chi connectivity index (χ4v) is 3.55. The van der Waals surface area contributed by atoms with Gasteiger partial charge in [0.05, 0.1) is 18.2 Å². The molecule has 1 aromatic rings. The number of esters is 1. The minimum atomic E-state index is -0.271. The number of ether oxygens (including phenoxy) is 3. The van der Waals surface area contributed by atoms with Gasteiger partial charge in [0.15, 0.2) is 0 Å². The lowest BCUT2D eigenvalue weighted by Gasteiger charge is -2.30. The summed E-state index contributed by atoms with van der Waals surface area (Å²) in [6.45, 7) is 0. The summed E-state index contributed by atoms with van der Waals surface area (Å²) < 4.78 is 17.7. The Morgan fingerprint density at radius 1 is 1.37 bits per heavy atom. The molecule has 0 N–H and O–H groups in total. The largest absolute Gasteiger partial charge is 0.495 e. The van der Waals surface area contributed by atoms with Gasteiger partial charge in [0.1, 0.15) is 28.2 Å². The molecule has 2 aliphatic heterocycles. The van der Waals surface area contributed by atoms with Gasteiger partial charge in [0.25, 0.3) is 0 Å². The van der Waals surface area contributed by atoms with Crippen LogP contribution in [0.4, 0.5) is 0 Å². The van der Waals surface area contributed by atoms with Crippen LogP contribution in [-0.4, -0.2) is 19.2 Å². The second-order valence-corrected chi connectivity index (χ2v) is 6.10. The Balaban J connectivity index is 1.88. The van der Waals surface area contributed by atoms with Crippen LogP contribution in [0.5, 0.6) is 11.5 Å². The number of hydrogen-bond acceptors (Lipinski definition) is 4. The third-order valence-electron chi connectivity index (χ3n) is 4.10. The first-order chi connectivity index (χ1) is 9.19. The predicted molar refractivity (Wildman–Crippen MR) is 70.6 cm³/mol. The van der Waals surface area contributed by atoms with Crippen molar-refractivity contribution in [2.45, 2.75) is 31.5 Å². The van der Waals surface area contributed by atoms with Crippen molar-refractivity contribution in [1.82, 2.24) is 0 Å². The highest BCUT2D eigenvalue weighted by atomic mass is 79.9. The molecule has 1 fully saturated rings. The van der Waals surface area contributed by atoms with Gasteiger partial charge in [-0.2, -0.15) is 0 Å². The van der Waals surface area contributed by atoms with Crippen molar-refractivity contribution in [3.63, 3.8) is 0 Å². The first-order valence-corrected chi connectivity index (χ1v) is 7.26. The van der Waals surface area contributed by atoms with E-state index in [9.17, 15) is 4.79 Å². The molecular formula is C14H13BrO4. The summed E-state index contributed by atoms with van der Waals surface area (Å²) >= 11 is 3.52. The smallest absolute Gasteiger partial charge is 0.339 e. The molecule has 1 saturated carbocycles. The summed E-state index contributed by atoms with van der Waals surface area (Å²) in [5.74, 6) is 1.68. The first-order valence-electron chi connectivity index (χ1n) is 6.47. The van der Waals surface area contributed by atoms with E-state index < -0.39 is 0 Å². The van der Waals surface area contributed by atoms with Crippen LogP contribution in [0.2, 0.25) is 0 Å². The van der Waals surface area contributed by atoms with Gasteiger partial charge in [0.2, 0.25) is 0 Å². The maximum Gasteiger partial charge on any atom is 0.339 e. The average Bonchev–Trinajstić information content (AvgIpc) is 3.19. The van der Waals surface area contributed by atoms with E-state index in [1.54, 1.807) is 13.2 Å². The topological polar surface area (TPSA) is 44.8 Å². The Morgan fingerprint density at radius 3 is 2.84 bits per heavy atom. The van der Waals surface area contributed by atoms with Gasteiger partial charge in [-0.15, -0.1) is 0 Å². The van der Waals surface area contributed by atoms with Crippen molar-refractivity contribution in [2.75, 3.05) is 7.11 Å². The summed E-state index contributed by atoms with van der Waals surface area (Å²) in [6, 6.07) is 1.73. The lowest BCUT2D eigenvalue weighted by atomic mass is 9.94. The van der Waals surface area contributed by atoms with Gasteiger partial charge in [-0.25, -0.2) is 4.79 Å². The van der Waals surface area contributed by atoms with Crippen molar-refractivity contribution < 1.29 is 19.0 Å². The molecule has 0 spiro atoms. The highest BCUT2D eigenvalue weighted by Gasteiger charge is 2.46. The molecule has 0 bridgehead atoms. The third kappa shape index (κ3) is 1.60. The molecule has 19 heavy (non-hydrogen) atoms. The number of carbonyl (C=O) groups is 1. The lowest BCUT2D eigenvalue weighted by molar-refractivity contribution is 0.0156. The lowest BCUT2D eigenvalue weighted by Crippen LogP contribution is -2.27. The molecule has 0 saturated heterocycles. The maximum absolute atomic E-state index is 11.9. The molecule has 1 aliphatic carbocycles. The summed E-state index contributed by atoms with van der Waals surface area (Å²) in [7, 11) is 1.58. The number of benzene rings is 1. The van der Waals surface area contributed by atoms with Crippen molar-refractivity contribution >= 4 is 21.9 Å². The van der Waals surface area contributed by atoms with Gasteiger partial charge >= 0.3 is 5.97 Å². The minimum Gasteiger partial charge on any atom is -0.495 e. The molecule has 2 heterocycles. The van der Waals surface area contributed by atoms with E-state index in [2.05, 4.69) is 15.9 Å². The van der Waals surface area contributed by atoms with E-state index >= 15 is 0 Å². The van der Waals surface area contributed by atoms with Crippen LogP contribution in [0, 0.1) is 5.92 Å². The quantitative estimate of drug-likeness (QED) is 0.783. The second-order valence-electron chi connectivity index (χ2n) is 5.31. The van der Waals surface area contributed by atoms with Crippen LogP contribution in [0.25, 0.3) is 0 Å². The van der Waals surface area contributed by atoms with E-state index in [0.29, 0.717) is 17.2 Å². The molecule has 1 aromatic carbocycles. The van der Waals surface area contributed by atoms with Crippen LogP contribution >= 0.6 is 15.9 Å². The molecule has 4 nitrogen and oxygen atoms in total. The van der Waals surface area contributed by atoms with Gasteiger partial charge in [-0.05, 0) is 40.8 Å². The van der Waals surface area contributed by atoms with Crippen molar-refractivity contribution in [2.24, 2.45) is 5.92 Å². The number of hydrogen-bond donors (Lipinski definition) is 0. The summed E-state index contributed by atoms with van der Waals surface area (Å²) in [5.41, 5.74) is 1.46. The molecule has 100 valence electrons. The summed E-state index contributed by atoms with van der Waals surface area (Å²) in [5, 5.41) is 0. The fraction of sp³-hybridized carbons (Fsp3) is 0.500. The number of halogens is 1. The van der Waals surface area contributed by atoms with Crippen LogP contribution < -0.4 is 9.47 Å². The average molecular weight is 325 g/mol. The molecule has 4 rings (SSSR count). The van der Waals surface area contributed by atoms with Crippen LogP contribution in [-0.2, 0) is 4.74 Å². The number of methoxy groups -OCH3 is 1. The van der Waals surface area contributed by atoms with Crippen molar-refractivity contribution in [1.29, 1.82) is 0 Å². The Bertz CT molecular complexity index is 579. The molecule has 3 aliphatic rings. The van der Waals surface area contributed by atoms with Gasteiger partial charge < -0.3 is 14.2 Å². The number of carbonyl (C=O) groups excluding carboxylic acids is 1. The fourth-order valence-electron chi connectivity index (χ4n) is 2.96. The zero-order valence-corrected chi connectivity index (χ0v) is 12.0. The zero-order valence-electron chi connectivity index (χ0n) is 10.4.